The zero-order chi connectivity index (χ0) is 21.3. The first-order chi connectivity index (χ1) is 14.6. The Labute approximate surface area is 177 Å². The highest BCUT2D eigenvalue weighted by Gasteiger charge is 2.55. The maximum Gasteiger partial charge on any atom is 0.258 e. The van der Waals surface area contributed by atoms with E-state index in [1.54, 1.807) is 0 Å². The topological polar surface area (TPSA) is 83.8 Å². The molecule has 1 amide bonds. The minimum Gasteiger partial charge on any atom is -0.396 e. The van der Waals surface area contributed by atoms with Gasteiger partial charge >= 0.3 is 0 Å². The summed E-state index contributed by atoms with van der Waals surface area (Å²) >= 11 is 0. The van der Waals surface area contributed by atoms with Crippen molar-refractivity contribution in [3.05, 3.63) is 39.8 Å². The number of carbonyl (C=O) groups is 1. The molecule has 4 rings (SSSR count). The number of likely N-dealkylation sites (N-methyl/N-ethyl adjacent to an activating group) is 1. The number of nitrogens with one attached hydrogen (secondary N) is 1. The van der Waals surface area contributed by atoms with Gasteiger partial charge < -0.3 is 19.7 Å². The molecule has 1 aromatic rings. The Morgan fingerprint density at radius 1 is 1.33 bits per heavy atom. The van der Waals surface area contributed by atoms with Crippen LogP contribution in [0.15, 0.2) is 23.0 Å². The summed E-state index contributed by atoms with van der Waals surface area (Å²) in [6, 6.07) is 3.53. The van der Waals surface area contributed by atoms with E-state index >= 15 is 0 Å². The van der Waals surface area contributed by atoms with Crippen molar-refractivity contribution < 1.29 is 14.6 Å². The summed E-state index contributed by atoms with van der Waals surface area (Å²) in [5.74, 6) is 0.302. The maximum atomic E-state index is 13.0. The number of hydrogen-bond donors (Lipinski definition) is 2. The number of carbonyl (C=O) groups excluding carboxylic acids is 1. The second-order valence-electron chi connectivity index (χ2n) is 8.68. The third kappa shape index (κ3) is 3.63. The van der Waals surface area contributed by atoms with Gasteiger partial charge in [0.05, 0.1) is 12.1 Å². The van der Waals surface area contributed by atoms with Gasteiger partial charge in [0.1, 0.15) is 0 Å². The molecule has 3 aliphatic rings. The van der Waals surface area contributed by atoms with Gasteiger partial charge in [0.25, 0.3) is 5.56 Å². The van der Waals surface area contributed by atoms with E-state index in [1.165, 1.54) is 0 Å². The second kappa shape index (κ2) is 9.04. The molecule has 3 aliphatic heterocycles. The molecule has 0 unspecified atom stereocenters. The van der Waals surface area contributed by atoms with E-state index < -0.39 is 0 Å². The summed E-state index contributed by atoms with van der Waals surface area (Å²) in [5.41, 5.74) is 1.66. The average Bonchev–Trinajstić information content (AvgIpc) is 3.27. The van der Waals surface area contributed by atoms with Crippen LogP contribution in [0.1, 0.15) is 44.0 Å². The van der Waals surface area contributed by atoms with Crippen molar-refractivity contribution in [3.63, 3.8) is 0 Å². The van der Waals surface area contributed by atoms with Crippen molar-refractivity contribution in [2.45, 2.75) is 45.3 Å². The van der Waals surface area contributed by atoms with Gasteiger partial charge in [-0.15, -0.1) is 0 Å². The predicted molar refractivity (Wildman–Crippen MR) is 115 cm³/mol. The summed E-state index contributed by atoms with van der Waals surface area (Å²) < 4.78 is 7.38. The fourth-order valence-electron chi connectivity index (χ4n) is 5.64. The number of rotatable bonds is 6. The first kappa shape index (κ1) is 21.3. The van der Waals surface area contributed by atoms with Crippen LogP contribution >= 0.6 is 0 Å². The van der Waals surface area contributed by atoms with Gasteiger partial charge in [-0.05, 0) is 44.7 Å². The number of aromatic nitrogens is 1. The van der Waals surface area contributed by atoms with Gasteiger partial charge in [-0.3, -0.25) is 14.5 Å². The number of likely N-dealkylation sites (tertiary alicyclic amines) is 1. The largest absolute Gasteiger partial charge is 0.396 e. The maximum absolute atomic E-state index is 13.0. The molecule has 7 nitrogen and oxygen atoms in total. The van der Waals surface area contributed by atoms with E-state index in [0.29, 0.717) is 24.6 Å². The Balaban J connectivity index is 1.73. The van der Waals surface area contributed by atoms with E-state index in [9.17, 15) is 14.7 Å². The molecule has 0 spiro atoms. The summed E-state index contributed by atoms with van der Waals surface area (Å²) in [4.78, 5) is 28.4. The van der Waals surface area contributed by atoms with Crippen LogP contribution in [0.4, 0.5) is 0 Å². The number of nitrogens with zero attached hydrogens (tertiary/aromatic N) is 2. The number of allylic oxidation sites excluding steroid dienone is 1. The predicted octanol–water partition coefficient (Wildman–Crippen LogP) is 1.41. The van der Waals surface area contributed by atoms with Crippen LogP contribution in [0.3, 0.4) is 0 Å². The Hall–Kier alpha value is -1.96. The van der Waals surface area contributed by atoms with E-state index in [4.69, 9.17) is 4.74 Å². The summed E-state index contributed by atoms with van der Waals surface area (Å²) in [7, 11) is 0. The SMILES string of the molecule is C/C=C/c1ccc2n(c1=O)C[C@H]1[C@H](CO)[C@@H](C(=O)NCC)N(CC3CCOCC3)[C@@H]21. The minimum absolute atomic E-state index is 0.0114. The average molecular weight is 416 g/mol. The highest BCUT2D eigenvalue weighted by molar-refractivity contribution is 5.82. The molecule has 2 N–H and O–H groups in total. The highest BCUT2D eigenvalue weighted by atomic mass is 16.5. The fourth-order valence-corrected chi connectivity index (χ4v) is 5.64. The smallest absolute Gasteiger partial charge is 0.258 e. The molecule has 2 saturated heterocycles. The van der Waals surface area contributed by atoms with E-state index in [-0.39, 0.29) is 42.0 Å². The number of aliphatic hydroxyl groups is 1. The second-order valence-corrected chi connectivity index (χ2v) is 8.68. The zero-order valence-electron chi connectivity index (χ0n) is 17.9. The molecule has 164 valence electrons. The number of pyridine rings is 1. The van der Waals surface area contributed by atoms with Crippen LogP contribution < -0.4 is 10.9 Å². The molecule has 0 bridgehead atoms. The van der Waals surface area contributed by atoms with Gasteiger partial charge in [0.15, 0.2) is 0 Å². The van der Waals surface area contributed by atoms with Crippen LogP contribution in [-0.4, -0.2) is 59.4 Å². The number of hydrogen-bond acceptors (Lipinski definition) is 5. The molecule has 2 fully saturated rings. The number of fused-ring (bicyclic) bond motifs is 3. The quantitative estimate of drug-likeness (QED) is 0.734. The molecule has 0 aromatic carbocycles. The lowest BCUT2D eigenvalue weighted by atomic mass is 9.88. The molecule has 7 heteroatoms. The summed E-state index contributed by atoms with van der Waals surface area (Å²) in [5, 5.41) is 13.3. The highest BCUT2D eigenvalue weighted by Crippen LogP contribution is 2.49. The lowest BCUT2D eigenvalue weighted by Crippen LogP contribution is -2.49. The fraction of sp³-hybridized carbons (Fsp3) is 0.652. The number of ether oxygens (including phenoxy) is 1. The van der Waals surface area contributed by atoms with Crippen LogP contribution in [0.2, 0.25) is 0 Å². The third-order valence-corrected chi connectivity index (χ3v) is 7.00. The zero-order valence-corrected chi connectivity index (χ0v) is 17.9. The van der Waals surface area contributed by atoms with Crippen LogP contribution in [0, 0.1) is 17.8 Å². The Morgan fingerprint density at radius 2 is 2.10 bits per heavy atom. The van der Waals surface area contributed by atoms with Crippen LogP contribution in [0.5, 0.6) is 0 Å². The molecule has 30 heavy (non-hydrogen) atoms. The van der Waals surface area contributed by atoms with Crippen molar-refractivity contribution in [1.82, 2.24) is 14.8 Å². The Bertz CT molecular complexity index is 858. The molecule has 0 aliphatic carbocycles. The lowest BCUT2D eigenvalue weighted by Gasteiger charge is -2.34. The normalized spacial score (nSPS) is 29.3. The van der Waals surface area contributed by atoms with Crippen molar-refractivity contribution in [2.75, 3.05) is 32.9 Å². The molecule has 0 saturated carbocycles. The van der Waals surface area contributed by atoms with Crippen molar-refractivity contribution in [2.24, 2.45) is 17.8 Å². The van der Waals surface area contributed by atoms with Crippen LogP contribution in [0.25, 0.3) is 6.08 Å². The minimum atomic E-state index is -0.369. The standard InChI is InChI=1S/C23H33N3O4/c1-3-5-16-6-7-19-20-17(13-25(19)23(16)29)18(14-27)21(22(28)24-4-2)26(20)12-15-8-10-30-11-9-15/h3,5-7,15,17-18,20-21,27H,4,8-14H2,1-2H3,(H,24,28)/b5-3+/t17-,18-,20+,21-/m0/s1. The van der Waals surface area contributed by atoms with E-state index in [2.05, 4.69) is 10.2 Å². The molecule has 4 atom stereocenters. The number of amides is 1. The van der Waals surface area contributed by atoms with E-state index in [1.807, 2.05) is 42.7 Å². The van der Waals surface area contributed by atoms with Crippen molar-refractivity contribution in [1.29, 1.82) is 0 Å². The molecule has 0 radical (unpaired) electrons. The van der Waals surface area contributed by atoms with Crippen molar-refractivity contribution >= 4 is 12.0 Å². The summed E-state index contributed by atoms with van der Waals surface area (Å²) in [6.07, 6.45) is 5.67. The monoisotopic (exact) mass is 415 g/mol. The van der Waals surface area contributed by atoms with Crippen LogP contribution in [-0.2, 0) is 16.1 Å². The Morgan fingerprint density at radius 3 is 2.77 bits per heavy atom. The van der Waals surface area contributed by atoms with Gasteiger partial charge in [0.2, 0.25) is 5.91 Å². The molecular formula is C23H33N3O4. The third-order valence-electron chi connectivity index (χ3n) is 7.00. The first-order valence-electron chi connectivity index (χ1n) is 11.2. The molecule has 1 aromatic heterocycles. The first-order valence-corrected chi connectivity index (χ1v) is 11.2. The van der Waals surface area contributed by atoms with Gasteiger partial charge in [0, 0.05) is 62.5 Å². The van der Waals surface area contributed by atoms with E-state index in [0.717, 1.165) is 38.3 Å². The van der Waals surface area contributed by atoms with Gasteiger partial charge in [-0.2, -0.15) is 0 Å². The van der Waals surface area contributed by atoms with Crippen molar-refractivity contribution in [3.8, 4) is 0 Å². The Kier molecular flexibility index (Phi) is 6.41. The molecular weight excluding hydrogens is 382 g/mol. The van der Waals surface area contributed by atoms with Gasteiger partial charge in [-0.25, -0.2) is 0 Å². The molecule has 4 heterocycles. The lowest BCUT2D eigenvalue weighted by molar-refractivity contribution is -0.128. The number of aliphatic hydroxyl groups excluding tert-OH is 1. The van der Waals surface area contributed by atoms with Gasteiger partial charge in [-0.1, -0.05) is 12.2 Å². The summed E-state index contributed by atoms with van der Waals surface area (Å²) in [6.45, 7) is 7.18.